The largest absolute Gasteiger partial charge is 2.00 e. The molecule has 0 heterocycles. The predicted molar refractivity (Wildman–Crippen MR) is 13.8 cm³/mol. The van der Waals surface area contributed by atoms with Crippen LogP contribution in [-0.2, 0) is 58.4 Å². The Bertz CT molecular complexity index is 31.3. The fourth-order valence-electron chi connectivity index (χ4n) is 0. The number of rotatable bonds is 0. The zero-order chi connectivity index (χ0) is 7.15. The van der Waals surface area contributed by atoms with Gasteiger partial charge in [0.25, 0.3) is 0 Å². The van der Waals surface area contributed by atoms with Crippen molar-refractivity contribution >= 4 is 17.2 Å². The van der Waals surface area contributed by atoms with Crippen LogP contribution in [0.1, 0.15) is 0 Å². The topological polar surface area (TPSA) is 138 Å². The van der Waals surface area contributed by atoms with Gasteiger partial charge < -0.3 is 46.6 Å². The Hall–Kier alpha value is 2.49. The molecule has 70 valence electrons. The van der Waals surface area contributed by atoms with E-state index in [2.05, 4.69) is 0 Å². The molecule has 0 aromatic carbocycles. The van der Waals surface area contributed by atoms with Crippen molar-refractivity contribution in [2.45, 2.75) is 0 Å². The van der Waals surface area contributed by atoms with Gasteiger partial charge >= 0.3 is 58.4 Å². The maximum atomic E-state index is 8.48. The van der Waals surface area contributed by atoms with E-state index in [1.54, 1.807) is 0 Å². The van der Waals surface area contributed by atoms with E-state index in [0.717, 1.165) is 0 Å². The minimum Gasteiger partial charge on any atom is -0.854 e. The molecule has 0 aromatic rings. The normalized spacial score (nSPS) is 6.55. The summed E-state index contributed by atoms with van der Waals surface area (Å²) in [4.78, 5) is 50.9. The summed E-state index contributed by atoms with van der Waals surface area (Å²) in [6.45, 7) is 0. The molecule has 6 nitrogen and oxygen atoms in total. The second-order valence-electron chi connectivity index (χ2n) is 0.447. The molecule has 0 aliphatic carbocycles. The molecule has 0 saturated heterocycles. The van der Waals surface area contributed by atoms with Crippen LogP contribution in [-0.4, -0.2) is 0 Å². The van der Waals surface area contributed by atoms with E-state index >= 15 is 0 Å². The molecule has 0 aliphatic rings. The van der Waals surface area contributed by atoms with E-state index in [1.807, 2.05) is 0 Å². The molecule has 0 unspecified atom stereocenters. The molecule has 0 N–H and O–H groups in total. The fraction of sp³-hybridized carbons (Fsp3) is 0. The van der Waals surface area contributed by atoms with Crippen molar-refractivity contribution in [3.8, 4) is 0 Å². The van der Waals surface area contributed by atoms with Crippen LogP contribution in [0, 0.1) is 0 Å². The average molecular weight is 461 g/mol. The Morgan fingerprint density at radius 3 is 0.455 bits per heavy atom. The van der Waals surface area contributed by atoms with Gasteiger partial charge in [0, 0.05) is 0 Å². The third-order valence-corrected chi connectivity index (χ3v) is 0. The van der Waals surface area contributed by atoms with Crippen LogP contribution in [0.25, 0.3) is 0 Å². The van der Waals surface area contributed by atoms with Gasteiger partial charge in [0.05, 0.1) is 0 Å². The first-order valence-corrected chi connectivity index (χ1v) is 3.29. The van der Waals surface area contributed by atoms with Crippen LogP contribution >= 0.6 is 17.2 Å². The number of hydrogen-bond donors (Lipinski definition) is 0. The van der Waals surface area contributed by atoms with Gasteiger partial charge in [0.2, 0.25) is 0 Å². The molecule has 0 atom stereocenters. The Morgan fingerprint density at radius 1 is 0.455 bits per heavy atom. The van der Waals surface area contributed by atoms with Crippen molar-refractivity contribution in [1.82, 2.24) is 0 Å². The van der Waals surface area contributed by atoms with E-state index in [9.17, 15) is 0 Å². The third-order valence-electron chi connectivity index (χ3n) is 0. The first kappa shape index (κ1) is 29.2. The van der Waals surface area contributed by atoms with Gasteiger partial charge in [0.1, 0.15) is 0 Å². The Morgan fingerprint density at radius 2 is 0.455 bits per heavy atom. The van der Waals surface area contributed by atoms with E-state index in [-0.39, 0.29) is 58.4 Å². The van der Waals surface area contributed by atoms with Crippen molar-refractivity contribution in [3.05, 3.63) is 0 Å². The summed E-state index contributed by atoms with van der Waals surface area (Å²) in [6, 6.07) is 0. The zero-order valence-corrected chi connectivity index (χ0v) is 11.4. The summed E-state index contributed by atoms with van der Waals surface area (Å²) in [7, 11) is -6.74. The predicted octanol–water partition coefficient (Wildman–Crippen LogP) is -5.42. The molecular formula is O6P2Ru3. The van der Waals surface area contributed by atoms with E-state index < -0.39 is 17.2 Å². The second kappa shape index (κ2) is 22.9. The first-order valence-electron chi connectivity index (χ1n) is 1.10. The minimum absolute atomic E-state index is 0. The summed E-state index contributed by atoms with van der Waals surface area (Å²) < 4.78 is 0. The molecule has 0 aliphatic heterocycles. The van der Waals surface area contributed by atoms with Gasteiger partial charge in [-0.25, -0.2) is 0 Å². The van der Waals surface area contributed by atoms with Gasteiger partial charge in [-0.2, -0.15) is 0 Å². The Kier molecular flexibility index (Phi) is 60.7. The van der Waals surface area contributed by atoms with Crippen LogP contribution in [0.4, 0.5) is 0 Å². The van der Waals surface area contributed by atoms with Crippen LogP contribution in [0.15, 0.2) is 0 Å². The van der Waals surface area contributed by atoms with Crippen LogP contribution in [0.5, 0.6) is 0 Å². The molecule has 11 heavy (non-hydrogen) atoms. The Labute approximate surface area is 104 Å². The molecule has 0 amide bonds. The van der Waals surface area contributed by atoms with Crippen molar-refractivity contribution in [2.24, 2.45) is 0 Å². The van der Waals surface area contributed by atoms with Gasteiger partial charge in [0.15, 0.2) is 0 Å². The molecule has 0 bridgehead atoms. The van der Waals surface area contributed by atoms with Crippen LogP contribution in [0.3, 0.4) is 0 Å². The summed E-state index contributed by atoms with van der Waals surface area (Å²) in [6.07, 6.45) is 0. The smallest absolute Gasteiger partial charge is 0.854 e. The van der Waals surface area contributed by atoms with Crippen molar-refractivity contribution < 1.29 is 87.8 Å². The molecule has 11 heteroatoms. The molecule has 0 spiro atoms. The molecule has 0 fully saturated rings. The molecule has 0 aromatic heterocycles. The summed E-state index contributed by atoms with van der Waals surface area (Å²) in [5.74, 6) is 0. The molecular weight excluding hydrogens is 461 g/mol. The van der Waals surface area contributed by atoms with E-state index in [1.165, 1.54) is 0 Å². The SMILES string of the molecule is [O-]P([O-])[O-].[O-]P([O-])[O-].[Ru+2].[Ru+2].[Ru+2]. The maximum absolute atomic E-state index is 8.48. The average Bonchev–Trinajstić information content (AvgIpc) is 1.25. The maximum Gasteiger partial charge on any atom is 2.00 e. The van der Waals surface area contributed by atoms with E-state index in [0.29, 0.717) is 0 Å². The fourth-order valence-corrected chi connectivity index (χ4v) is 0. The second-order valence-corrected chi connectivity index (χ2v) is 1.34. The van der Waals surface area contributed by atoms with Crippen molar-refractivity contribution in [1.29, 1.82) is 0 Å². The summed E-state index contributed by atoms with van der Waals surface area (Å²) >= 11 is 0. The van der Waals surface area contributed by atoms with Crippen LogP contribution < -0.4 is 29.4 Å². The molecule has 0 rings (SSSR count). The van der Waals surface area contributed by atoms with Crippen LogP contribution in [0.2, 0.25) is 0 Å². The van der Waals surface area contributed by atoms with Gasteiger partial charge in [-0.15, -0.1) is 0 Å². The van der Waals surface area contributed by atoms with Crippen molar-refractivity contribution in [3.63, 3.8) is 0 Å². The third kappa shape index (κ3) is 222. The van der Waals surface area contributed by atoms with Gasteiger partial charge in [-0.3, -0.25) is 0 Å². The van der Waals surface area contributed by atoms with E-state index in [4.69, 9.17) is 29.4 Å². The minimum atomic E-state index is -3.37. The standard InChI is InChI=1S/2O3P.3Ru/c2*1-4(2)3;;;/q2*-3;3*+2. The van der Waals surface area contributed by atoms with Gasteiger partial charge in [-0.1, -0.05) is 0 Å². The monoisotopic (exact) mass is 464 g/mol. The zero-order valence-electron chi connectivity index (χ0n) is 4.40. The quantitative estimate of drug-likeness (QED) is 0.261. The van der Waals surface area contributed by atoms with Gasteiger partial charge in [-0.05, 0) is 0 Å². The Balaban J connectivity index is -0.0000000171. The molecule has 0 saturated carbocycles. The summed E-state index contributed by atoms with van der Waals surface area (Å²) in [5.41, 5.74) is 0. The molecule has 0 radical (unpaired) electrons. The van der Waals surface area contributed by atoms with Crippen molar-refractivity contribution in [2.75, 3.05) is 0 Å². The first-order chi connectivity index (χ1) is 3.46. The number of hydrogen-bond acceptors (Lipinski definition) is 6. The summed E-state index contributed by atoms with van der Waals surface area (Å²) in [5, 5.41) is 0.